The van der Waals surface area contributed by atoms with Gasteiger partial charge in [0.2, 0.25) is 5.91 Å². The molecule has 2 fully saturated rings. The van der Waals surface area contributed by atoms with E-state index in [0.29, 0.717) is 58.9 Å². The number of aryl methyl sites for hydroxylation is 1. The lowest BCUT2D eigenvalue weighted by atomic mass is 10.0. The minimum absolute atomic E-state index is 0.0244. The zero-order valence-corrected chi connectivity index (χ0v) is 18.4. The van der Waals surface area contributed by atoms with E-state index < -0.39 is 15.7 Å². The maximum Gasteiger partial charge on any atom is 0.282 e. The summed E-state index contributed by atoms with van der Waals surface area (Å²) < 4.78 is 34.1. The molecule has 0 atom stereocenters. The summed E-state index contributed by atoms with van der Waals surface area (Å²) >= 11 is 0. The largest absolute Gasteiger partial charge is 0.379 e. The molecule has 1 N–H and O–H groups in total. The SMILES string of the molecule is Cc1ccc(NC(C)(C)C(=O)N2CCCN(S(=O)(=O)N3CCOCC3)CC2)cc1. The van der Waals surface area contributed by atoms with E-state index in [1.807, 2.05) is 45.0 Å². The van der Waals surface area contributed by atoms with Gasteiger partial charge in [-0.25, -0.2) is 0 Å². The standard InChI is InChI=1S/C20H32N4O4S/c1-17-5-7-18(8-6-17)21-20(2,3)19(25)22-9-4-10-23(12-11-22)29(26,27)24-13-15-28-16-14-24/h5-8,21H,4,9-16H2,1-3H3. The van der Waals surface area contributed by atoms with E-state index in [9.17, 15) is 13.2 Å². The molecule has 29 heavy (non-hydrogen) atoms. The van der Waals surface area contributed by atoms with E-state index in [1.165, 1.54) is 8.61 Å². The highest BCUT2D eigenvalue weighted by Gasteiger charge is 2.36. The van der Waals surface area contributed by atoms with Gasteiger partial charge in [-0.1, -0.05) is 17.7 Å². The van der Waals surface area contributed by atoms with Crippen LogP contribution in [0.15, 0.2) is 24.3 Å². The molecule has 0 saturated carbocycles. The Hall–Kier alpha value is -1.68. The summed E-state index contributed by atoms with van der Waals surface area (Å²) in [6.45, 7) is 9.05. The Balaban J connectivity index is 1.63. The highest BCUT2D eigenvalue weighted by molar-refractivity contribution is 7.86. The van der Waals surface area contributed by atoms with Gasteiger partial charge in [0, 0.05) is 45.0 Å². The Morgan fingerprint density at radius 3 is 2.24 bits per heavy atom. The first-order valence-corrected chi connectivity index (χ1v) is 11.6. The first-order valence-electron chi connectivity index (χ1n) is 10.2. The van der Waals surface area contributed by atoms with Crippen LogP contribution in [0.2, 0.25) is 0 Å². The maximum atomic E-state index is 13.2. The van der Waals surface area contributed by atoms with Crippen molar-refractivity contribution in [1.82, 2.24) is 13.5 Å². The molecule has 2 saturated heterocycles. The number of anilines is 1. The molecular weight excluding hydrogens is 392 g/mol. The molecule has 3 rings (SSSR count). The molecule has 0 aromatic heterocycles. The van der Waals surface area contributed by atoms with Crippen LogP contribution in [0, 0.1) is 6.92 Å². The zero-order chi connectivity index (χ0) is 21.1. The van der Waals surface area contributed by atoms with Crippen molar-refractivity contribution in [3.63, 3.8) is 0 Å². The third-order valence-corrected chi connectivity index (χ3v) is 7.44. The van der Waals surface area contributed by atoms with Crippen LogP contribution in [0.3, 0.4) is 0 Å². The summed E-state index contributed by atoms with van der Waals surface area (Å²) in [5, 5.41) is 3.31. The second-order valence-corrected chi connectivity index (χ2v) is 10.1. The molecule has 1 aromatic rings. The zero-order valence-electron chi connectivity index (χ0n) is 17.6. The van der Waals surface area contributed by atoms with Crippen molar-refractivity contribution in [2.24, 2.45) is 0 Å². The summed E-state index contributed by atoms with van der Waals surface area (Å²) in [7, 11) is -3.51. The predicted molar refractivity (Wildman–Crippen MR) is 113 cm³/mol. The fourth-order valence-corrected chi connectivity index (χ4v) is 5.32. The van der Waals surface area contributed by atoms with Crippen molar-refractivity contribution < 1.29 is 17.9 Å². The van der Waals surface area contributed by atoms with Crippen LogP contribution in [0.25, 0.3) is 0 Å². The molecule has 0 unspecified atom stereocenters. The molecular formula is C20H32N4O4S. The lowest BCUT2D eigenvalue weighted by Gasteiger charge is -2.33. The molecule has 8 nitrogen and oxygen atoms in total. The number of ether oxygens (including phenoxy) is 1. The molecule has 2 heterocycles. The average molecular weight is 425 g/mol. The van der Waals surface area contributed by atoms with Crippen molar-refractivity contribution in [3.05, 3.63) is 29.8 Å². The van der Waals surface area contributed by atoms with E-state index in [1.54, 1.807) is 4.90 Å². The Bertz CT molecular complexity index is 804. The Labute approximate surface area is 174 Å². The number of carbonyl (C=O) groups is 1. The molecule has 0 aliphatic carbocycles. The number of carbonyl (C=O) groups excluding carboxylic acids is 1. The van der Waals surface area contributed by atoms with Crippen LogP contribution in [-0.4, -0.2) is 85.9 Å². The van der Waals surface area contributed by atoms with Crippen LogP contribution in [0.5, 0.6) is 0 Å². The van der Waals surface area contributed by atoms with Crippen molar-refractivity contribution in [3.8, 4) is 0 Å². The fraction of sp³-hybridized carbons (Fsp3) is 0.650. The van der Waals surface area contributed by atoms with E-state index in [2.05, 4.69) is 5.32 Å². The van der Waals surface area contributed by atoms with Crippen molar-refractivity contribution >= 4 is 21.8 Å². The van der Waals surface area contributed by atoms with Gasteiger partial charge in [0.15, 0.2) is 0 Å². The van der Waals surface area contributed by atoms with Gasteiger partial charge in [0.25, 0.3) is 10.2 Å². The third kappa shape index (κ3) is 5.28. The quantitative estimate of drug-likeness (QED) is 0.770. The van der Waals surface area contributed by atoms with Gasteiger partial charge in [0.1, 0.15) is 5.54 Å². The van der Waals surface area contributed by atoms with Crippen molar-refractivity contribution in [2.45, 2.75) is 32.7 Å². The first-order chi connectivity index (χ1) is 13.7. The third-order valence-electron chi connectivity index (χ3n) is 5.41. The highest BCUT2D eigenvalue weighted by Crippen LogP contribution is 2.20. The lowest BCUT2D eigenvalue weighted by Crippen LogP contribution is -2.52. The van der Waals surface area contributed by atoms with E-state index >= 15 is 0 Å². The summed E-state index contributed by atoms with van der Waals surface area (Å²) in [5.41, 5.74) is 1.27. The van der Waals surface area contributed by atoms with Gasteiger partial charge in [-0.15, -0.1) is 0 Å². The van der Waals surface area contributed by atoms with Gasteiger partial charge in [-0.05, 0) is 39.3 Å². The van der Waals surface area contributed by atoms with Gasteiger partial charge >= 0.3 is 0 Å². The van der Waals surface area contributed by atoms with Crippen LogP contribution < -0.4 is 5.32 Å². The number of morpholine rings is 1. The Kier molecular flexibility index (Phi) is 6.83. The molecule has 162 valence electrons. The van der Waals surface area contributed by atoms with Crippen molar-refractivity contribution in [1.29, 1.82) is 0 Å². The normalized spacial score (nSPS) is 20.3. The summed E-state index contributed by atoms with van der Waals surface area (Å²) in [6, 6.07) is 7.93. The van der Waals surface area contributed by atoms with Gasteiger partial charge in [-0.3, -0.25) is 4.79 Å². The van der Waals surface area contributed by atoms with Crippen LogP contribution in [0.1, 0.15) is 25.8 Å². The van der Waals surface area contributed by atoms with Crippen LogP contribution in [-0.2, 0) is 19.7 Å². The van der Waals surface area contributed by atoms with E-state index in [0.717, 1.165) is 11.3 Å². The summed E-state index contributed by atoms with van der Waals surface area (Å²) in [6.07, 6.45) is 0.621. The van der Waals surface area contributed by atoms with Gasteiger partial charge in [-0.2, -0.15) is 17.0 Å². The van der Waals surface area contributed by atoms with E-state index in [4.69, 9.17) is 4.74 Å². The number of hydrogen-bond donors (Lipinski definition) is 1. The Morgan fingerprint density at radius 1 is 0.966 bits per heavy atom. The number of amides is 1. The van der Waals surface area contributed by atoms with Crippen LogP contribution >= 0.6 is 0 Å². The van der Waals surface area contributed by atoms with Gasteiger partial charge in [0.05, 0.1) is 13.2 Å². The summed E-state index contributed by atoms with van der Waals surface area (Å²) in [5.74, 6) is -0.0244. The minimum atomic E-state index is -3.51. The maximum absolute atomic E-state index is 13.2. The van der Waals surface area contributed by atoms with Crippen LogP contribution in [0.4, 0.5) is 5.69 Å². The molecule has 2 aliphatic rings. The molecule has 1 aromatic carbocycles. The predicted octanol–water partition coefficient (Wildman–Crippen LogP) is 1.30. The number of rotatable bonds is 5. The second-order valence-electron chi connectivity index (χ2n) is 8.18. The molecule has 2 aliphatic heterocycles. The Morgan fingerprint density at radius 2 is 1.59 bits per heavy atom. The highest BCUT2D eigenvalue weighted by atomic mass is 32.2. The molecule has 9 heteroatoms. The smallest absolute Gasteiger partial charge is 0.282 e. The van der Waals surface area contributed by atoms with Crippen molar-refractivity contribution in [2.75, 3.05) is 57.8 Å². The fourth-order valence-electron chi connectivity index (χ4n) is 3.71. The van der Waals surface area contributed by atoms with Gasteiger partial charge < -0.3 is 15.0 Å². The number of nitrogens with one attached hydrogen (secondary N) is 1. The second kappa shape index (κ2) is 8.99. The molecule has 1 amide bonds. The number of benzene rings is 1. The molecule has 0 spiro atoms. The molecule has 0 bridgehead atoms. The molecule has 0 radical (unpaired) electrons. The number of hydrogen-bond acceptors (Lipinski definition) is 5. The minimum Gasteiger partial charge on any atom is -0.379 e. The monoisotopic (exact) mass is 424 g/mol. The first kappa shape index (κ1) is 22.0. The van der Waals surface area contributed by atoms with E-state index in [-0.39, 0.29) is 5.91 Å². The number of nitrogens with zero attached hydrogens (tertiary/aromatic N) is 3. The lowest BCUT2D eigenvalue weighted by molar-refractivity contribution is -0.134. The average Bonchev–Trinajstić information content (AvgIpc) is 2.96. The summed E-state index contributed by atoms with van der Waals surface area (Å²) in [4.78, 5) is 14.9. The topological polar surface area (TPSA) is 82.2 Å².